The first-order chi connectivity index (χ1) is 18.4. The maximum Gasteiger partial charge on any atom is 0.263 e. The zero-order valence-corrected chi connectivity index (χ0v) is 20.7. The molecule has 10 nitrogen and oxygen atoms in total. The third-order valence-corrected chi connectivity index (χ3v) is 6.45. The number of likely N-dealkylation sites (tertiary alicyclic amines) is 1. The minimum Gasteiger partial charge on any atom is -0.457 e. The number of ether oxygens (including phenoxy) is 1. The van der Waals surface area contributed by atoms with Crippen molar-refractivity contribution >= 4 is 17.5 Å². The Bertz CT molecular complexity index is 1390. The number of benzene rings is 2. The number of aliphatic hydroxyl groups is 1. The number of hydrogen-bond acceptors (Lipinski definition) is 9. The lowest BCUT2D eigenvalue weighted by molar-refractivity contribution is -0.131. The van der Waals surface area contributed by atoms with Crippen molar-refractivity contribution in [2.75, 3.05) is 30.7 Å². The molecule has 4 rings (SSSR count). The van der Waals surface area contributed by atoms with Crippen molar-refractivity contribution in [1.29, 1.82) is 10.5 Å². The highest BCUT2D eigenvalue weighted by Crippen LogP contribution is 2.33. The largest absolute Gasteiger partial charge is 0.457 e. The summed E-state index contributed by atoms with van der Waals surface area (Å²) in [5, 5.41) is 31.7. The molecule has 1 saturated heterocycles. The number of hydrogen-bond donors (Lipinski definition) is 3. The van der Waals surface area contributed by atoms with Crippen LogP contribution in [0.5, 0.6) is 11.5 Å². The van der Waals surface area contributed by atoms with E-state index in [4.69, 9.17) is 21.0 Å². The fourth-order valence-electron chi connectivity index (χ4n) is 4.36. The third-order valence-electron chi connectivity index (χ3n) is 6.45. The molecular formula is C28H27N7O3. The van der Waals surface area contributed by atoms with Crippen molar-refractivity contribution in [3.63, 3.8) is 0 Å². The van der Waals surface area contributed by atoms with Gasteiger partial charge in [0.15, 0.2) is 0 Å². The maximum atomic E-state index is 12.2. The Labute approximate surface area is 220 Å². The van der Waals surface area contributed by atoms with Crippen molar-refractivity contribution in [2.45, 2.75) is 18.9 Å². The summed E-state index contributed by atoms with van der Waals surface area (Å²) in [6, 6.07) is 18.1. The summed E-state index contributed by atoms with van der Waals surface area (Å²) >= 11 is 0. The number of carbonyl (C=O) groups excluding carboxylic acids is 1. The molecule has 0 radical (unpaired) electrons. The Morgan fingerprint density at radius 2 is 1.84 bits per heavy atom. The molecule has 1 aliphatic rings. The predicted octanol–water partition coefficient (Wildman–Crippen LogP) is 3.48. The van der Waals surface area contributed by atoms with Gasteiger partial charge in [0.1, 0.15) is 41.1 Å². The number of anilines is 2. The van der Waals surface area contributed by atoms with Crippen molar-refractivity contribution in [2.24, 2.45) is 5.92 Å². The van der Waals surface area contributed by atoms with E-state index in [1.807, 2.05) is 24.3 Å². The number of piperidine rings is 1. The van der Waals surface area contributed by atoms with Crippen LogP contribution in [0.4, 0.5) is 11.6 Å². The van der Waals surface area contributed by atoms with E-state index in [2.05, 4.69) is 27.9 Å². The summed E-state index contributed by atoms with van der Waals surface area (Å²) < 4.78 is 5.86. The number of amides is 1. The highest BCUT2D eigenvalue weighted by molar-refractivity contribution is 5.96. The van der Waals surface area contributed by atoms with Gasteiger partial charge in [-0.25, -0.2) is 9.97 Å². The molecule has 0 spiro atoms. The molecular weight excluding hydrogens is 482 g/mol. The second-order valence-electron chi connectivity index (χ2n) is 8.92. The average molecular weight is 510 g/mol. The third kappa shape index (κ3) is 6.06. The highest BCUT2D eigenvalue weighted by Gasteiger charge is 2.30. The van der Waals surface area contributed by atoms with E-state index in [1.54, 1.807) is 30.3 Å². The van der Waals surface area contributed by atoms with Gasteiger partial charge in [0.05, 0.1) is 23.3 Å². The fraction of sp³-hybridized carbons (Fsp3) is 0.250. The lowest BCUT2D eigenvalue weighted by Gasteiger charge is -2.35. The lowest BCUT2D eigenvalue weighted by Crippen LogP contribution is -2.47. The van der Waals surface area contributed by atoms with E-state index in [1.165, 1.54) is 11.2 Å². The molecule has 2 aromatic carbocycles. The predicted molar refractivity (Wildman–Crippen MR) is 142 cm³/mol. The molecule has 192 valence electrons. The first kappa shape index (κ1) is 26.1. The van der Waals surface area contributed by atoms with Crippen LogP contribution in [0.25, 0.3) is 11.1 Å². The fourth-order valence-corrected chi connectivity index (χ4v) is 4.36. The van der Waals surface area contributed by atoms with E-state index in [0.29, 0.717) is 60.2 Å². The number of carbonyl (C=O) groups is 1. The zero-order chi connectivity index (χ0) is 27.1. The van der Waals surface area contributed by atoms with Crippen LogP contribution in [-0.4, -0.2) is 51.6 Å². The first-order valence-corrected chi connectivity index (χ1v) is 12.1. The molecule has 38 heavy (non-hydrogen) atoms. The highest BCUT2D eigenvalue weighted by atomic mass is 16.5. The second kappa shape index (κ2) is 11.9. The Hall–Kier alpha value is -4.93. The number of nitrogens with two attached hydrogens (primary N) is 1. The van der Waals surface area contributed by atoms with Crippen molar-refractivity contribution in [1.82, 2.24) is 14.9 Å². The number of nitrogens with zero attached hydrogens (tertiary/aromatic N) is 5. The van der Waals surface area contributed by atoms with Crippen molar-refractivity contribution < 1.29 is 14.6 Å². The normalized spacial score (nSPS) is 16.7. The van der Waals surface area contributed by atoms with Gasteiger partial charge in [-0.1, -0.05) is 18.7 Å². The molecule has 0 unspecified atom stereocenters. The molecule has 2 heterocycles. The number of nitrogens with one attached hydrogen (secondary N) is 1. The van der Waals surface area contributed by atoms with Crippen LogP contribution in [0.15, 0.2) is 67.0 Å². The number of aromatic nitrogens is 2. The van der Waals surface area contributed by atoms with E-state index in [0.717, 1.165) is 5.56 Å². The number of nitrogen functional groups attached to an aromatic ring is 1. The van der Waals surface area contributed by atoms with Crippen LogP contribution < -0.4 is 15.8 Å². The molecule has 2 atom stereocenters. The van der Waals surface area contributed by atoms with Crippen LogP contribution in [0.1, 0.15) is 18.4 Å². The van der Waals surface area contributed by atoms with Gasteiger partial charge in [0.25, 0.3) is 5.91 Å². The molecule has 0 aliphatic carbocycles. The molecule has 1 aromatic heterocycles. The molecule has 4 N–H and O–H groups in total. The van der Waals surface area contributed by atoms with Gasteiger partial charge in [-0.2, -0.15) is 10.5 Å². The Morgan fingerprint density at radius 3 is 2.47 bits per heavy atom. The van der Waals surface area contributed by atoms with Crippen molar-refractivity contribution in [3.8, 4) is 34.8 Å². The number of aliphatic hydroxyl groups excluding tert-OH is 1. The zero-order valence-electron chi connectivity index (χ0n) is 20.7. The first-order valence-electron chi connectivity index (χ1n) is 12.1. The Balaban J connectivity index is 1.37. The Kier molecular flexibility index (Phi) is 8.17. The van der Waals surface area contributed by atoms with E-state index in [-0.39, 0.29) is 18.0 Å². The summed E-state index contributed by atoms with van der Waals surface area (Å²) in [6.45, 7) is 4.63. The second-order valence-corrected chi connectivity index (χ2v) is 8.92. The number of rotatable bonds is 8. The molecule has 3 aromatic rings. The Morgan fingerprint density at radius 1 is 1.16 bits per heavy atom. The van der Waals surface area contributed by atoms with Gasteiger partial charge in [-0.15, -0.1) is 0 Å². The van der Waals surface area contributed by atoms with Crippen LogP contribution in [0.3, 0.4) is 0 Å². The summed E-state index contributed by atoms with van der Waals surface area (Å²) in [7, 11) is 0. The SMILES string of the molecule is C=C(C#N)C(=O)N1CC[C@@H](CCNc2ncnc(N)c2-c2ccc(Oc3ccc(C#N)cc3)cc2)[C@H](O)C1. The van der Waals surface area contributed by atoms with Gasteiger partial charge in [-0.3, -0.25) is 4.79 Å². The minimum absolute atomic E-state index is 0.0109. The topological polar surface area (TPSA) is 161 Å². The number of β-amino-alcohol motifs (C(OH)–C–C–N with tert-alkyl or cyclic N) is 1. The molecule has 0 bridgehead atoms. The average Bonchev–Trinajstić information content (AvgIpc) is 2.94. The van der Waals surface area contributed by atoms with Gasteiger partial charge >= 0.3 is 0 Å². The minimum atomic E-state index is -0.695. The van der Waals surface area contributed by atoms with Crippen LogP contribution >= 0.6 is 0 Å². The molecule has 1 aliphatic heterocycles. The number of nitriles is 2. The lowest BCUT2D eigenvalue weighted by atomic mass is 9.90. The maximum absolute atomic E-state index is 12.2. The van der Waals surface area contributed by atoms with Gasteiger partial charge in [0.2, 0.25) is 0 Å². The molecule has 1 amide bonds. The molecule has 10 heteroatoms. The quantitative estimate of drug-likeness (QED) is 0.305. The summed E-state index contributed by atoms with van der Waals surface area (Å²) in [5.74, 6) is 1.70. The summed E-state index contributed by atoms with van der Waals surface area (Å²) in [6.07, 6.45) is 1.97. The van der Waals surface area contributed by atoms with Crippen LogP contribution in [0, 0.1) is 28.6 Å². The van der Waals surface area contributed by atoms with Crippen molar-refractivity contribution in [3.05, 3.63) is 72.6 Å². The van der Waals surface area contributed by atoms with Gasteiger partial charge < -0.3 is 25.8 Å². The van der Waals surface area contributed by atoms with Crippen LogP contribution in [0.2, 0.25) is 0 Å². The van der Waals surface area contributed by atoms with E-state index < -0.39 is 12.0 Å². The molecule has 0 saturated carbocycles. The summed E-state index contributed by atoms with van der Waals surface area (Å²) in [4.78, 5) is 22.1. The molecule has 1 fully saturated rings. The van der Waals surface area contributed by atoms with Gasteiger partial charge in [0, 0.05) is 19.6 Å². The van der Waals surface area contributed by atoms with E-state index >= 15 is 0 Å². The van der Waals surface area contributed by atoms with Crippen LogP contribution in [-0.2, 0) is 4.79 Å². The summed E-state index contributed by atoms with van der Waals surface area (Å²) in [5.41, 5.74) is 8.11. The standard InChI is InChI=1S/C28H27N7O3/c1-18(14-29)28(37)35-13-11-20(24(36)16-35)10-12-32-27-25(26(31)33-17-34-27)21-4-8-23(9-5-21)38-22-6-2-19(15-30)3-7-22/h2-9,17,20,24,36H,1,10-13,16H2,(H3,31,32,33,34)/t20-,24-/m1/s1. The monoisotopic (exact) mass is 509 g/mol. The van der Waals surface area contributed by atoms with Gasteiger partial charge in [-0.05, 0) is 60.7 Å². The van der Waals surface area contributed by atoms with E-state index in [9.17, 15) is 9.90 Å². The smallest absolute Gasteiger partial charge is 0.263 e.